The number of hydrogen-bond acceptors (Lipinski definition) is 2. The van der Waals surface area contributed by atoms with Gasteiger partial charge in [-0.15, -0.1) is 0 Å². The number of thioether (sulfide) groups is 1. The van der Waals surface area contributed by atoms with Crippen LogP contribution in [0.5, 0.6) is 0 Å². The van der Waals surface area contributed by atoms with Crippen LogP contribution in [0.1, 0.15) is 6.92 Å². The van der Waals surface area contributed by atoms with Crippen LogP contribution in [0, 0.1) is 0 Å². The molecule has 1 unspecified atom stereocenters. The number of para-hydroxylation sites is 1. The molecule has 1 aromatic rings. The lowest BCUT2D eigenvalue weighted by molar-refractivity contribution is -0.0327. The van der Waals surface area contributed by atoms with Crippen molar-refractivity contribution in [1.29, 1.82) is 0 Å². The van der Waals surface area contributed by atoms with Gasteiger partial charge in [0.15, 0.2) is 0 Å². The van der Waals surface area contributed by atoms with Crippen molar-refractivity contribution in [2.75, 3.05) is 5.32 Å². The normalized spacial score (nSPS) is 13.8. The van der Waals surface area contributed by atoms with Gasteiger partial charge in [0.2, 0.25) is 0 Å². The van der Waals surface area contributed by atoms with Crippen molar-refractivity contribution in [2.45, 2.75) is 29.8 Å². The number of anilines is 1. The Balaban J connectivity index is 2.85. The summed E-state index contributed by atoms with van der Waals surface area (Å²) in [6, 6.07) is 4.28. The first kappa shape index (κ1) is 14.1. The Morgan fingerprint density at radius 2 is 1.76 bits per heavy atom. The smallest absolute Gasteiger partial charge is 0.376 e. The van der Waals surface area contributed by atoms with Crippen molar-refractivity contribution in [3.63, 3.8) is 0 Å². The molecule has 0 saturated carbocycles. The van der Waals surface area contributed by atoms with Crippen molar-refractivity contribution in [3.8, 4) is 0 Å². The Bertz CT molecular complexity index is 366. The molecule has 0 saturated heterocycles. The molecule has 0 amide bonds. The molecule has 0 fully saturated rings. The summed E-state index contributed by atoms with van der Waals surface area (Å²) in [5.74, 6) is 0. The van der Waals surface area contributed by atoms with Crippen molar-refractivity contribution in [1.82, 2.24) is 0 Å². The predicted molar refractivity (Wildman–Crippen MR) is 57.4 cm³/mol. The van der Waals surface area contributed by atoms with Gasteiger partial charge in [0.05, 0.1) is 6.04 Å². The molecule has 1 nitrogen and oxygen atoms in total. The first-order chi connectivity index (χ1) is 7.79. The fourth-order valence-electron chi connectivity index (χ4n) is 1.11. The Kier molecular flexibility index (Phi) is 4.62. The van der Waals surface area contributed by atoms with Gasteiger partial charge in [-0.1, -0.05) is 12.1 Å². The lowest BCUT2D eigenvalue weighted by Crippen LogP contribution is -2.24. The van der Waals surface area contributed by atoms with Crippen molar-refractivity contribution in [3.05, 3.63) is 24.3 Å². The van der Waals surface area contributed by atoms with E-state index in [0.717, 1.165) is 0 Å². The van der Waals surface area contributed by atoms with E-state index in [1.165, 1.54) is 31.2 Å². The van der Waals surface area contributed by atoms with Gasteiger partial charge in [0.1, 0.15) is 0 Å². The van der Waals surface area contributed by atoms with E-state index in [0.29, 0.717) is 0 Å². The molecule has 1 N–H and O–H groups in total. The molecule has 0 bridgehead atoms. The average molecular weight is 271 g/mol. The van der Waals surface area contributed by atoms with Crippen LogP contribution in [0.15, 0.2) is 29.2 Å². The highest BCUT2D eigenvalue weighted by Gasteiger charge is 2.30. The SMILES string of the molecule is CC(Nc1ccccc1SC(F)(F)F)C(F)F. The summed E-state index contributed by atoms with van der Waals surface area (Å²) in [6.07, 6.45) is -2.64. The second-order valence-electron chi connectivity index (χ2n) is 3.31. The minimum Gasteiger partial charge on any atom is -0.376 e. The van der Waals surface area contributed by atoms with E-state index in [9.17, 15) is 22.0 Å². The quantitative estimate of drug-likeness (QED) is 0.645. The summed E-state index contributed by atoms with van der Waals surface area (Å²) in [6.45, 7) is 1.21. The number of rotatable bonds is 4. The van der Waals surface area contributed by atoms with E-state index in [1.807, 2.05) is 0 Å². The third-order valence-electron chi connectivity index (χ3n) is 1.87. The van der Waals surface area contributed by atoms with E-state index in [4.69, 9.17) is 0 Å². The zero-order valence-electron chi connectivity index (χ0n) is 8.76. The van der Waals surface area contributed by atoms with Crippen molar-refractivity contribution in [2.24, 2.45) is 0 Å². The van der Waals surface area contributed by atoms with Crippen LogP contribution < -0.4 is 5.32 Å². The first-order valence-electron chi connectivity index (χ1n) is 4.69. The minimum absolute atomic E-state index is 0.0580. The number of alkyl halides is 5. The molecule has 0 aliphatic heterocycles. The summed E-state index contributed by atoms with van der Waals surface area (Å²) in [4.78, 5) is -0.118. The fraction of sp³-hybridized carbons (Fsp3) is 0.400. The molecule has 96 valence electrons. The molecule has 17 heavy (non-hydrogen) atoms. The maximum atomic E-state index is 12.3. The Hall–Kier alpha value is -0.980. The van der Waals surface area contributed by atoms with E-state index >= 15 is 0 Å². The number of nitrogens with one attached hydrogen (secondary N) is 1. The average Bonchev–Trinajstić information content (AvgIpc) is 2.18. The molecule has 7 heteroatoms. The third kappa shape index (κ3) is 4.80. The van der Waals surface area contributed by atoms with Gasteiger partial charge >= 0.3 is 5.51 Å². The molecule has 0 spiro atoms. The highest BCUT2D eigenvalue weighted by Crippen LogP contribution is 2.40. The van der Waals surface area contributed by atoms with Crippen molar-refractivity contribution < 1.29 is 22.0 Å². The summed E-state index contributed by atoms with van der Waals surface area (Å²) in [5, 5.41) is 2.36. The van der Waals surface area contributed by atoms with Gasteiger partial charge < -0.3 is 5.32 Å². The van der Waals surface area contributed by atoms with Gasteiger partial charge in [0, 0.05) is 10.6 Å². The highest BCUT2D eigenvalue weighted by molar-refractivity contribution is 8.00. The zero-order valence-corrected chi connectivity index (χ0v) is 9.58. The lowest BCUT2D eigenvalue weighted by Gasteiger charge is -2.17. The molecule has 1 aromatic carbocycles. The van der Waals surface area contributed by atoms with E-state index in [1.54, 1.807) is 0 Å². The summed E-state index contributed by atoms with van der Waals surface area (Å²) in [7, 11) is 0. The molecule has 1 atom stereocenters. The predicted octanol–water partition coefficient (Wildman–Crippen LogP) is 4.36. The number of hydrogen-bond donors (Lipinski definition) is 1. The maximum absolute atomic E-state index is 12.3. The molecular weight excluding hydrogens is 261 g/mol. The van der Waals surface area contributed by atoms with Crippen molar-refractivity contribution >= 4 is 17.4 Å². The van der Waals surface area contributed by atoms with Crippen LogP contribution in [0.4, 0.5) is 27.6 Å². The topological polar surface area (TPSA) is 12.0 Å². The van der Waals surface area contributed by atoms with Gasteiger partial charge in [-0.05, 0) is 30.8 Å². The molecule has 0 aliphatic carbocycles. The van der Waals surface area contributed by atoms with E-state index < -0.39 is 18.0 Å². The van der Waals surface area contributed by atoms with Crippen LogP contribution in [0.3, 0.4) is 0 Å². The highest BCUT2D eigenvalue weighted by atomic mass is 32.2. The largest absolute Gasteiger partial charge is 0.446 e. The van der Waals surface area contributed by atoms with Crippen LogP contribution in [-0.4, -0.2) is 18.0 Å². The van der Waals surface area contributed by atoms with Gasteiger partial charge in [-0.2, -0.15) is 13.2 Å². The van der Waals surface area contributed by atoms with Gasteiger partial charge in [0.25, 0.3) is 6.43 Å². The zero-order chi connectivity index (χ0) is 13.1. The molecule has 0 aliphatic rings. The summed E-state index contributed by atoms with van der Waals surface area (Å²) < 4.78 is 61.2. The number of halogens is 5. The molecule has 1 rings (SSSR count). The summed E-state index contributed by atoms with van der Waals surface area (Å²) >= 11 is -0.326. The van der Waals surface area contributed by atoms with Crippen LogP contribution in [0.25, 0.3) is 0 Å². The minimum atomic E-state index is -4.44. The fourth-order valence-corrected chi connectivity index (χ4v) is 1.74. The van der Waals surface area contributed by atoms with E-state index in [-0.39, 0.29) is 22.3 Å². The summed E-state index contributed by atoms with van der Waals surface area (Å²) in [5.41, 5.74) is -4.38. The van der Waals surface area contributed by atoms with Gasteiger partial charge in [-0.25, -0.2) is 8.78 Å². The standard InChI is InChI=1S/C10H10F5NS/c1-6(9(11)12)16-7-4-2-3-5-8(7)17-10(13,14)15/h2-6,9,16H,1H3. The van der Waals surface area contributed by atoms with E-state index in [2.05, 4.69) is 5.32 Å². The first-order valence-corrected chi connectivity index (χ1v) is 5.50. The molecule has 0 radical (unpaired) electrons. The monoisotopic (exact) mass is 271 g/mol. The Morgan fingerprint density at radius 3 is 2.29 bits per heavy atom. The molecule has 0 aromatic heterocycles. The lowest BCUT2D eigenvalue weighted by atomic mass is 10.2. The second kappa shape index (κ2) is 5.57. The maximum Gasteiger partial charge on any atom is 0.446 e. The Morgan fingerprint density at radius 1 is 1.18 bits per heavy atom. The third-order valence-corrected chi connectivity index (χ3v) is 2.68. The van der Waals surface area contributed by atoms with Crippen LogP contribution >= 0.6 is 11.8 Å². The van der Waals surface area contributed by atoms with Crippen LogP contribution in [-0.2, 0) is 0 Å². The Labute approximate surface area is 99.4 Å². The second-order valence-corrected chi connectivity index (χ2v) is 4.42. The number of benzene rings is 1. The van der Waals surface area contributed by atoms with Crippen LogP contribution in [0.2, 0.25) is 0 Å². The molecular formula is C10H10F5NS. The van der Waals surface area contributed by atoms with Gasteiger partial charge in [-0.3, -0.25) is 0 Å². The molecule has 0 heterocycles.